The Bertz CT molecular complexity index is 978. The van der Waals surface area contributed by atoms with Crippen LogP contribution in [0.1, 0.15) is 11.1 Å². The first-order chi connectivity index (χ1) is 12.1. The molecule has 1 aliphatic rings. The quantitative estimate of drug-likeness (QED) is 0.660. The van der Waals surface area contributed by atoms with Gasteiger partial charge in [0.15, 0.2) is 0 Å². The fourth-order valence-electron chi connectivity index (χ4n) is 2.81. The van der Waals surface area contributed by atoms with Crippen molar-refractivity contribution in [2.75, 3.05) is 6.61 Å². The van der Waals surface area contributed by atoms with Gasteiger partial charge in [-0.05, 0) is 47.4 Å². The number of nitrogens with zero attached hydrogens (tertiary/aromatic N) is 1. The van der Waals surface area contributed by atoms with Crippen LogP contribution in [0.25, 0.3) is 11.1 Å². The molecule has 0 radical (unpaired) electrons. The van der Waals surface area contributed by atoms with Gasteiger partial charge in [-0.3, -0.25) is 0 Å². The summed E-state index contributed by atoms with van der Waals surface area (Å²) in [4.78, 5) is 4.68. The first-order valence-corrected chi connectivity index (χ1v) is 8.38. The van der Waals surface area contributed by atoms with Gasteiger partial charge in [0, 0.05) is 11.1 Å². The molecule has 0 unspecified atom stereocenters. The molecule has 1 heterocycles. The second-order valence-corrected chi connectivity index (χ2v) is 6.47. The summed E-state index contributed by atoms with van der Waals surface area (Å²) in [7, 11) is 0. The van der Waals surface area contributed by atoms with Crippen molar-refractivity contribution in [2.24, 2.45) is 4.99 Å². The molecular weight excluding hydrogens is 334 g/mol. The molecule has 3 nitrogen and oxygen atoms in total. The van der Waals surface area contributed by atoms with Crippen LogP contribution in [0.15, 0.2) is 65.7 Å². The van der Waals surface area contributed by atoms with Crippen LogP contribution in [0.3, 0.4) is 0 Å². The molecule has 0 saturated carbocycles. The number of aliphatic imine (C=N–C) groups is 1. The zero-order valence-electron chi connectivity index (χ0n) is 13.7. The second-order valence-electron chi connectivity index (χ2n) is 6.04. The van der Waals surface area contributed by atoms with E-state index in [4.69, 9.17) is 16.3 Å². The van der Waals surface area contributed by atoms with Crippen molar-refractivity contribution in [3.8, 4) is 22.6 Å². The topological polar surface area (TPSA) is 41.8 Å². The van der Waals surface area contributed by atoms with Crippen LogP contribution in [0.5, 0.6) is 11.5 Å². The predicted molar refractivity (Wildman–Crippen MR) is 101 cm³/mol. The summed E-state index contributed by atoms with van der Waals surface area (Å²) in [5, 5.41) is 10.5. The van der Waals surface area contributed by atoms with E-state index < -0.39 is 0 Å². The first kappa shape index (κ1) is 15.7. The number of phenols is 1. The summed E-state index contributed by atoms with van der Waals surface area (Å²) >= 11 is 5.98. The van der Waals surface area contributed by atoms with Gasteiger partial charge in [0.25, 0.3) is 0 Å². The Morgan fingerprint density at radius 2 is 1.64 bits per heavy atom. The van der Waals surface area contributed by atoms with Gasteiger partial charge >= 0.3 is 0 Å². The number of phenolic OH excluding ortho intramolecular Hbond substituents is 1. The second kappa shape index (κ2) is 6.26. The lowest BCUT2D eigenvalue weighted by Gasteiger charge is -2.17. The average Bonchev–Trinajstić information content (AvgIpc) is 2.64. The molecule has 0 saturated heterocycles. The molecule has 0 spiro atoms. The van der Waals surface area contributed by atoms with Crippen molar-refractivity contribution >= 4 is 23.0 Å². The summed E-state index contributed by atoms with van der Waals surface area (Å²) in [5.74, 6) is 1.02. The summed E-state index contributed by atoms with van der Waals surface area (Å²) in [6.07, 6.45) is 0. The molecule has 0 bridgehead atoms. The highest BCUT2D eigenvalue weighted by molar-refractivity contribution is 6.30. The van der Waals surface area contributed by atoms with Crippen molar-refractivity contribution in [3.05, 3.63) is 76.8 Å². The number of benzene rings is 3. The molecule has 25 heavy (non-hydrogen) atoms. The number of aryl methyl sites for hydroxylation is 1. The monoisotopic (exact) mass is 349 g/mol. The first-order valence-electron chi connectivity index (χ1n) is 8.00. The van der Waals surface area contributed by atoms with Gasteiger partial charge in [0.2, 0.25) is 0 Å². The highest BCUT2D eigenvalue weighted by Crippen LogP contribution is 2.34. The van der Waals surface area contributed by atoms with E-state index in [9.17, 15) is 5.11 Å². The normalized spacial score (nSPS) is 13.0. The van der Waals surface area contributed by atoms with E-state index in [2.05, 4.69) is 4.99 Å². The summed E-state index contributed by atoms with van der Waals surface area (Å²) < 4.78 is 5.77. The number of rotatable bonds is 2. The fourth-order valence-corrected chi connectivity index (χ4v) is 2.97. The zero-order chi connectivity index (χ0) is 17.4. The molecule has 0 fully saturated rings. The average molecular weight is 350 g/mol. The van der Waals surface area contributed by atoms with Gasteiger partial charge in [-0.2, -0.15) is 0 Å². The van der Waals surface area contributed by atoms with Crippen molar-refractivity contribution in [3.63, 3.8) is 0 Å². The lowest BCUT2D eigenvalue weighted by atomic mass is 10.0. The molecule has 4 rings (SSSR count). The van der Waals surface area contributed by atoms with Crippen LogP contribution >= 0.6 is 11.6 Å². The maximum absolute atomic E-state index is 9.89. The maximum Gasteiger partial charge on any atom is 0.146 e. The fraction of sp³-hybridized carbons (Fsp3) is 0.0952. The van der Waals surface area contributed by atoms with Crippen LogP contribution in [0.4, 0.5) is 5.69 Å². The van der Waals surface area contributed by atoms with E-state index in [1.54, 1.807) is 12.1 Å². The molecule has 0 atom stereocenters. The number of halogens is 1. The Balaban J connectivity index is 1.64. The van der Waals surface area contributed by atoms with Crippen LogP contribution in [0.2, 0.25) is 5.02 Å². The molecule has 3 aromatic carbocycles. The Hall–Kier alpha value is -2.78. The SMILES string of the molecule is Cc1ccc(-c2ccc(C3=Nc4ccc(Cl)cc4OC3)cc2)cc1O. The van der Waals surface area contributed by atoms with E-state index in [0.717, 1.165) is 33.7 Å². The minimum absolute atomic E-state index is 0.307. The van der Waals surface area contributed by atoms with Gasteiger partial charge in [-0.15, -0.1) is 0 Å². The summed E-state index contributed by atoms with van der Waals surface area (Å²) in [6.45, 7) is 2.30. The Morgan fingerprint density at radius 3 is 2.40 bits per heavy atom. The van der Waals surface area contributed by atoms with E-state index in [0.29, 0.717) is 23.1 Å². The molecule has 0 aromatic heterocycles. The third kappa shape index (κ3) is 3.11. The predicted octanol–water partition coefficient (Wildman–Crippen LogP) is 5.53. The number of aromatic hydroxyl groups is 1. The van der Waals surface area contributed by atoms with Crippen LogP contribution in [-0.4, -0.2) is 17.4 Å². The van der Waals surface area contributed by atoms with E-state index in [1.807, 2.05) is 55.5 Å². The minimum atomic E-state index is 0.307. The Morgan fingerprint density at radius 1 is 0.920 bits per heavy atom. The van der Waals surface area contributed by atoms with E-state index >= 15 is 0 Å². The highest BCUT2D eigenvalue weighted by atomic mass is 35.5. The lowest BCUT2D eigenvalue weighted by Crippen LogP contribution is -2.16. The van der Waals surface area contributed by atoms with Gasteiger partial charge in [0.1, 0.15) is 23.8 Å². The third-order valence-corrected chi connectivity index (χ3v) is 4.54. The summed E-state index contributed by atoms with van der Waals surface area (Å²) in [5.41, 5.74) is 5.58. The van der Waals surface area contributed by atoms with E-state index in [1.165, 1.54) is 0 Å². The smallest absolute Gasteiger partial charge is 0.146 e. The maximum atomic E-state index is 9.89. The van der Waals surface area contributed by atoms with Crippen molar-refractivity contribution in [1.29, 1.82) is 0 Å². The molecule has 1 N–H and O–H groups in total. The van der Waals surface area contributed by atoms with Gasteiger partial charge < -0.3 is 9.84 Å². The van der Waals surface area contributed by atoms with Crippen molar-refractivity contribution in [1.82, 2.24) is 0 Å². The standard InChI is InChI=1S/C21H16ClNO2/c1-13-2-3-16(10-20(13)24)14-4-6-15(7-5-14)19-12-25-21-11-17(22)8-9-18(21)23-19/h2-11,24H,12H2,1H3. The number of hydrogen-bond donors (Lipinski definition) is 1. The molecule has 0 amide bonds. The minimum Gasteiger partial charge on any atom is -0.508 e. The Kier molecular flexibility index (Phi) is 3.94. The molecule has 3 aromatic rings. The van der Waals surface area contributed by atoms with Crippen molar-refractivity contribution in [2.45, 2.75) is 6.92 Å². The Labute approximate surface area is 151 Å². The van der Waals surface area contributed by atoms with Crippen LogP contribution in [-0.2, 0) is 0 Å². The van der Waals surface area contributed by atoms with Crippen molar-refractivity contribution < 1.29 is 9.84 Å². The molecule has 4 heteroatoms. The molecule has 124 valence electrons. The third-order valence-electron chi connectivity index (χ3n) is 4.30. The summed E-state index contributed by atoms with van der Waals surface area (Å²) in [6, 6.07) is 19.3. The molecular formula is C21H16ClNO2. The highest BCUT2D eigenvalue weighted by Gasteiger charge is 2.15. The van der Waals surface area contributed by atoms with Crippen LogP contribution in [0, 0.1) is 6.92 Å². The number of ether oxygens (including phenoxy) is 1. The zero-order valence-corrected chi connectivity index (χ0v) is 14.4. The van der Waals surface area contributed by atoms with Gasteiger partial charge in [-0.25, -0.2) is 4.99 Å². The largest absolute Gasteiger partial charge is 0.508 e. The van der Waals surface area contributed by atoms with Crippen LogP contribution < -0.4 is 4.74 Å². The molecule has 1 aliphatic heterocycles. The van der Waals surface area contributed by atoms with Gasteiger partial charge in [-0.1, -0.05) is 48.0 Å². The van der Waals surface area contributed by atoms with E-state index in [-0.39, 0.29) is 0 Å². The number of fused-ring (bicyclic) bond motifs is 1. The lowest BCUT2D eigenvalue weighted by molar-refractivity contribution is 0.373. The van der Waals surface area contributed by atoms with Gasteiger partial charge in [0.05, 0.1) is 5.71 Å². The molecule has 0 aliphatic carbocycles. The number of hydrogen-bond acceptors (Lipinski definition) is 3.